The molecular weight excluding hydrogens is 154 g/mol. The molecule has 0 heterocycles. The van der Waals surface area contributed by atoms with E-state index in [0.29, 0.717) is 5.96 Å². The van der Waals surface area contributed by atoms with Gasteiger partial charge in [-0.1, -0.05) is 0 Å². The molecule has 0 aromatic heterocycles. The third-order valence-corrected chi connectivity index (χ3v) is 0.855. The molecule has 0 bridgehead atoms. The minimum atomic E-state index is -0.169. The van der Waals surface area contributed by atoms with Gasteiger partial charge in [-0.25, -0.2) is 10.5 Å². The fourth-order valence-corrected chi connectivity index (χ4v) is 0.562. The lowest BCUT2D eigenvalue weighted by Gasteiger charge is -2.15. The molecule has 0 saturated heterocycles. The molecule has 0 saturated carbocycles. The summed E-state index contributed by atoms with van der Waals surface area (Å²) in [5.41, 5.74) is 7.92. The third kappa shape index (κ3) is 7.34. The van der Waals surface area contributed by atoms with Gasteiger partial charge in [-0.2, -0.15) is 0 Å². The van der Waals surface area contributed by atoms with E-state index in [1.807, 2.05) is 34.6 Å². The zero-order valence-corrected chi connectivity index (χ0v) is 8.51. The van der Waals surface area contributed by atoms with Crippen molar-refractivity contribution in [2.45, 2.75) is 46.3 Å². The molecule has 0 atom stereocenters. The van der Waals surface area contributed by atoms with E-state index in [-0.39, 0.29) is 11.6 Å². The molecule has 4 nitrogen and oxygen atoms in total. The predicted octanol–water partition coefficient (Wildman–Crippen LogP) is 1.03. The molecule has 0 radical (unpaired) electrons. The van der Waals surface area contributed by atoms with Crippen LogP contribution in [0.25, 0.3) is 0 Å². The maximum atomic E-state index is 5.52. The minimum absolute atomic E-state index is 0.0960. The van der Waals surface area contributed by atoms with Crippen LogP contribution in [0, 0.1) is 0 Å². The van der Waals surface area contributed by atoms with Crippen molar-refractivity contribution in [2.75, 3.05) is 0 Å². The van der Waals surface area contributed by atoms with Crippen LogP contribution in [-0.2, 0) is 4.84 Å². The average molecular weight is 173 g/mol. The number of rotatable bonds is 2. The predicted molar refractivity (Wildman–Crippen MR) is 50.7 cm³/mol. The Morgan fingerprint density at radius 2 is 1.92 bits per heavy atom. The summed E-state index contributed by atoms with van der Waals surface area (Å²) in [6.07, 6.45) is 0.0960. The van der Waals surface area contributed by atoms with Crippen LogP contribution in [0.3, 0.4) is 0 Å². The van der Waals surface area contributed by atoms with Crippen LogP contribution in [0.2, 0.25) is 0 Å². The highest BCUT2D eigenvalue weighted by Crippen LogP contribution is 2.04. The molecule has 0 spiro atoms. The Morgan fingerprint density at radius 3 is 2.25 bits per heavy atom. The highest BCUT2D eigenvalue weighted by atomic mass is 16.7. The van der Waals surface area contributed by atoms with E-state index in [2.05, 4.69) is 10.5 Å². The van der Waals surface area contributed by atoms with Crippen molar-refractivity contribution in [3.63, 3.8) is 0 Å². The summed E-state index contributed by atoms with van der Waals surface area (Å²) in [5, 5.41) is 0. The topological polar surface area (TPSA) is 59.6 Å². The van der Waals surface area contributed by atoms with Crippen molar-refractivity contribution in [1.82, 2.24) is 5.48 Å². The van der Waals surface area contributed by atoms with Gasteiger partial charge in [0.2, 0.25) is 5.96 Å². The summed E-state index contributed by atoms with van der Waals surface area (Å²) in [6, 6.07) is 0. The first-order valence-electron chi connectivity index (χ1n) is 4.08. The van der Waals surface area contributed by atoms with Crippen LogP contribution in [0.15, 0.2) is 4.99 Å². The van der Waals surface area contributed by atoms with E-state index in [9.17, 15) is 0 Å². The van der Waals surface area contributed by atoms with Crippen molar-refractivity contribution in [1.29, 1.82) is 0 Å². The second-order valence-corrected chi connectivity index (χ2v) is 3.94. The van der Waals surface area contributed by atoms with E-state index >= 15 is 0 Å². The molecule has 0 unspecified atom stereocenters. The molecule has 4 heteroatoms. The van der Waals surface area contributed by atoms with Crippen LogP contribution in [0.4, 0.5) is 0 Å². The first-order chi connectivity index (χ1) is 5.31. The summed E-state index contributed by atoms with van der Waals surface area (Å²) in [6.45, 7) is 9.74. The molecule has 0 aliphatic carbocycles. The fraction of sp³-hybridized carbons (Fsp3) is 0.875. The minimum Gasteiger partial charge on any atom is -0.368 e. The van der Waals surface area contributed by atoms with Crippen LogP contribution in [0.1, 0.15) is 34.6 Å². The number of nitrogens with two attached hydrogens (primary N) is 1. The zero-order chi connectivity index (χ0) is 9.78. The van der Waals surface area contributed by atoms with Crippen molar-refractivity contribution >= 4 is 5.96 Å². The smallest absolute Gasteiger partial charge is 0.213 e. The summed E-state index contributed by atoms with van der Waals surface area (Å²) in [7, 11) is 0. The lowest BCUT2D eigenvalue weighted by molar-refractivity contribution is 0.0320. The summed E-state index contributed by atoms with van der Waals surface area (Å²) < 4.78 is 0. The van der Waals surface area contributed by atoms with Crippen molar-refractivity contribution < 1.29 is 4.84 Å². The number of hydrogen-bond acceptors (Lipinski definition) is 2. The molecule has 0 aliphatic rings. The van der Waals surface area contributed by atoms with Gasteiger partial charge < -0.3 is 5.73 Å². The van der Waals surface area contributed by atoms with Crippen LogP contribution in [0.5, 0.6) is 0 Å². The van der Waals surface area contributed by atoms with E-state index in [1.54, 1.807) is 0 Å². The number of hydroxylamine groups is 1. The maximum Gasteiger partial charge on any atom is 0.213 e. The Bertz CT molecular complexity index is 158. The first kappa shape index (κ1) is 11.2. The monoisotopic (exact) mass is 173 g/mol. The first-order valence-corrected chi connectivity index (χ1v) is 4.08. The van der Waals surface area contributed by atoms with E-state index < -0.39 is 0 Å². The van der Waals surface area contributed by atoms with Crippen molar-refractivity contribution in [3.8, 4) is 0 Å². The van der Waals surface area contributed by atoms with Crippen molar-refractivity contribution in [2.24, 2.45) is 10.7 Å². The Kier molecular flexibility index (Phi) is 4.03. The fourth-order valence-electron chi connectivity index (χ4n) is 0.562. The number of nitrogens with one attached hydrogen (secondary N) is 1. The number of hydrogen-bond donors (Lipinski definition) is 2. The SMILES string of the molecule is CC(C)ONC(N)=NC(C)(C)C. The van der Waals surface area contributed by atoms with Gasteiger partial charge in [-0.05, 0) is 34.6 Å². The second kappa shape index (κ2) is 4.30. The van der Waals surface area contributed by atoms with Crippen LogP contribution < -0.4 is 11.2 Å². The lowest BCUT2D eigenvalue weighted by atomic mass is 10.1. The molecule has 0 aromatic rings. The molecule has 3 N–H and O–H groups in total. The molecule has 72 valence electrons. The molecule has 0 amide bonds. The maximum absolute atomic E-state index is 5.52. The molecular formula is C8H19N3O. The lowest BCUT2D eigenvalue weighted by Crippen LogP contribution is -2.36. The summed E-state index contributed by atoms with van der Waals surface area (Å²) in [4.78, 5) is 9.18. The standard InChI is InChI=1S/C8H19N3O/c1-6(2)12-11-7(9)10-8(3,4)5/h6H,1-5H3,(H3,9,10,11). The highest BCUT2D eigenvalue weighted by molar-refractivity contribution is 5.77. The quantitative estimate of drug-likeness (QED) is 0.372. The Morgan fingerprint density at radius 1 is 1.42 bits per heavy atom. The third-order valence-electron chi connectivity index (χ3n) is 0.855. The summed E-state index contributed by atoms with van der Waals surface area (Å²) in [5.74, 6) is 0.316. The van der Waals surface area contributed by atoms with Crippen LogP contribution >= 0.6 is 0 Å². The van der Waals surface area contributed by atoms with Gasteiger partial charge in [-0.15, -0.1) is 0 Å². The molecule has 0 aliphatic heterocycles. The Balaban J connectivity index is 3.87. The largest absolute Gasteiger partial charge is 0.368 e. The zero-order valence-electron chi connectivity index (χ0n) is 8.51. The molecule has 0 rings (SSSR count). The highest BCUT2D eigenvalue weighted by Gasteiger charge is 2.07. The van der Waals surface area contributed by atoms with Gasteiger partial charge in [0.1, 0.15) is 0 Å². The molecule has 0 fully saturated rings. The second-order valence-electron chi connectivity index (χ2n) is 3.94. The van der Waals surface area contributed by atoms with Crippen LogP contribution in [-0.4, -0.2) is 17.6 Å². The van der Waals surface area contributed by atoms with Gasteiger partial charge in [0.15, 0.2) is 0 Å². The van der Waals surface area contributed by atoms with Crippen molar-refractivity contribution in [3.05, 3.63) is 0 Å². The Hall–Kier alpha value is -0.770. The van der Waals surface area contributed by atoms with Gasteiger partial charge in [0, 0.05) is 0 Å². The van der Waals surface area contributed by atoms with E-state index in [0.717, 1.165) is 0 Å². The Labute approximate surface area is 74.1 Å². The number of aliphatic imine (C=N–C) groups is 1. The normalized spacial score (nSPS) is 13.7. The average Bonchev–Trinajstić information content (AvgIpc) is 1.79. The van der Waals surface area contributed by atoms with Gasteiger partial charge in [0.05, 0.1) is 11.6 Å². The number of nitrogens with zero attached hydrogens (tertiary/aromatic N) is 1. The number of guanidine groups is 1. The van der Waals surface area contributed by atoms with Gasteiger partial charge in [0.25, 0.3) is 0 Å². The van der Waals surface area contributed by atoms with Gasteiger partial charge >= 0.3 is 0 Å². The van der Waals surface area contributed by atoms with E-state index in [1.165, 1.54) is 0 Å². The molecule has 0 aromatic carbocycles. The molecule has 12 heavy (non-hydrogen) atoms. The summed E-state index contributed by atoms with van der Waals surface area (Å²) >= 11 is 0. The van der Waals surface area contributed by atoms with Gasteiger partial charge in [-0.3, -0.25) is 4.84 Å². The van der Waals surface area contributed by atoms with E-state index in [4.69, 9.17) is 10.6 Å².